The summed E-state index contributed by atoms with van der Waals surface area (Å²) in [6.45, 7) is 0. The number of ether oxygens (including phenoxy) is 1. The van der Waals surface area contributed by atoms with Crippen LogP contribution in [0.2, 0.25) is 0 Å². The van der Waals surface area contributed by atoms with Gasteiger partial charge < -0.3 is 10.1 Å². The Hall–Kier alpha value is -2.88. The van der Waals surface area contributed by atoms with Crippen LogP contribution in [0.25, 0.3) is 10.9 Å². The van der Waals surface area contributed by atoms with Crippen molar-refractivity contribution in [2.45, 2.75) is 6.42 Å². The number of carbonyl (C=O) groups excluding carboxylic acids is 1. The molecule has 3 aromatic rings. The second-order valence-corrected chi connectivity index (χ2v) is 4.95. The van der Waals surface area contributed by atoms with Gasteiger partial charge in [0.2, 0.25) is 5.91 Å². The third-order valence-corrected chi connectivity index (χ3v) is 3.44. The van der Waals surface area contributed by atoms with Crippen LogP contribution >= 0.6 is 0 Å². The van der Waals surface area contributed by atoms with E-state index >= 15 is 0 Å². The number of rotatable bonds is 4. The molecule has 0 saturated carbocycles. The third-order valence-electron chi connectivity index (χ3n) is 3.44. The summed E-state index contributed by atoms with van der Waals surface area (Å²) in [5.74, 6) is 0.728. The van der Waals surface area contributed by atoms with Crippen molar-refractivity contribution in [2.24, 2.45) is 0 Å². The number of aromatic nitrogens is 1. The van der Waals surface area contributed by atoms with Crippen molar-refractivity contribution in [1.82, 2.24) is 4.98 Å². The fourth-order valence-corrected chi connectivity index (χ4v) is 2.34. The van der Waals surface area contributed by atoms with Gasteiger partial charge in [0.25, 0.3) is 0 Å². The summed E-state index contributed by atoms with van der Waals surface area (Å²) in [4.78, 5) is 16.5. The minimum atomic E-state index is -0.0541. The number of nitrogens with zero attached hydrogens (tertiary/aromatic N) is 1. The summed E-state index contributed by atoms with van der Waals surface area (Å²) in [5.41, 5.74) is 2.59. The molecule has 0 aliphatic heterocycles. The fraction of sp³-hybridized carbons (Fsp3) is 0.111. The minimum Gasteiger partial charge on any atom is -0.497 e. The second-order valence-electron chi connectivity index (χ2n) is 4.95. The highest BCUT2D eigenvalue weighted by Crippen LogP contribution is 2.21. The van der Waals surface area contributed by atoms with Crippen molar-refractivity contribution in [3.63, 3.8) is 0 Å². The molecule has 4 heteroatoms. The lowest BCUT2D eigenvalue weighted by atomic mass is 10.1. The van der Waals surface area contributed by atoms with Crippen LogP contribution in [0.4, 0.5) is 5.69 Å². The van der Waals surface area contributed by atoms with E-state index in [1.807, 2.05) is 54.6 Å². The molecule has 0 radical (unpaired) electrons. The van der Waals surface area contributed by atoms with Gasteiger partial charge in [-0.2, -0.15) is 0 Å². The quantitative estimate of drug-likeness (QED) is 0.801. The van der Waals surface area contributed by atoms with Gasteiger partial charge in [-0.3, -0.25) is 9.78 Å². The maximum absolute atomic E-state index is 12.2. The standard InChI is InChI=1S/C18H16N2O2/c1-22-14-9-7-13(8-10-14)12-18(21)20-17-6-2-5-16-15(17)4-3-11-19-16/h2-11H,12H2,1H3,(H,20,21). The molecule has 4 nitrogen and oxygen atoms in total. The number of methoxy groups -OCH3 is 1. The van der Waals surface area contributed by atoms with Crippen molar-refractivity contribution in [2.75, 3.05) is 12.4 Å². The van der Waals surface area contributed by atoms with E-state index in [0.29, 0.717) is 6.42 Å². The molecule has 0 bridgehead atoms. The molecule has 0 spiro atoms. The van der Waals surface area contributed by atoms with E-state index in [0.717, 1.165) is 27.9 Å². The Balaban J connectivity index is 1.75. The zero-order valence-electron chi connectivity index (χ0n) is 12.2. The monoisotopic (exact) mass is 292 g/mol. The molecule has 0 aliphatic rings. The molecule has 0 unspecified atom stereocenters. The zero-order valence-corrected chi connectivity index (χ0v) is 12.2. The first-order chi connectivity index (χ1) is 10.8. The van der Waals surface area contributed by atoms with Crippen LogP contribution in [0.1, 0.15) is 5.56 Å². The lowest BCUT2D eigenvalue weighted by Crippen LogP contribution is -2.14. The first-order valence-electron chi connectivity index (χ1n) is 7.03. The van der Waals surface area contributed by atoms with Crippen LogP contribution in [-0.4, -0.2) is 18.0 Å². The SMILES string of the molecule is COc1ccc(CC(=O)Nc2cccc3ncccc23)cc1. The highest BCUT2D eigenvalue weighted by Gasteiger charge is 2.07. The molecule has 1 N–H and O–H groups in total. The molecule has 3 rings (SSSR count). The van der Waals surface area contributed by atoms with Crippen molar-refractivity contribution in [3.05, 3.63) is 66.4 Å². The fourth-order valence-electron chi connectivity index (χ4n) is 2.34. The summed E-state index contributed by atoms with van der Waals surface area (Å²) in [7, 11) is 1.62. The van der Waals surface area contributed by atoms with Crippen molar-refractivity contribution in [1.29, 1.82) is 0 Å². The molecule has 22 heavy (non-hydrogen) atoms. The van der Waals surface area contributed by atoms with Crippen LogP contribution in [-0.2, 0) is 11.2 Å². The third kappa shape index (κ3) is 3.06. The second kappa shape index (κ2) is 6.26. The highest BCUT2D eigenvalue weighted by molar-refractivity contribution is 6.01. The smallest absolute Gasteiger partial charge is 0.228 e. The Kier molecular flexibility index (Phi) is 4.01. The van der Waals surface area contributed by atoms with E-state index in [9.17, 15) is 4.79 Å². The number of hydrogen-bond donors (Lipinski definition) is 1. The number of amides is 1. The topological polar surface area (TPSA) is 51.2 Å². The van der Waals surface area contributed by atoms with Gasteiger partial charge in [0.1, 0.15) is 5.75 Å². The van der Waals surface area contributed by atoms with E-state index in [-0.39, 0.29) is 5.91 Å². The Bertz CT molecular complexity index is 792. The molecular weight excluding hydrogens is 276 g/mol. The Morgan fingerprint density at radius 3 is 2.68 bits per heavy atom. The molecule has 1 aromatic heterocycles. The van der Waals surface area contributed by atoms with Gasteiger partial charge in [-0.25, -0.2) is 0 Å². The highest BCUT2D eigenvalue weighted by atomic mass is 16.5. The van der Waals surface area contributed by atoms with Gasteiger partial charge >= 0.3 is 0 Å². The van der Waals surface area contributed by atoms with E-state index in [1.54, 1.807) is 13.3 Å². The van der Waals surface area contributed by atoms with Crippen molar-refractivity contribution in [3.8, 4) is 5.75 Å². The summed E-state index contributed by atoms with van der Waals surface area (Å²) < 4.78 is 5.11. The summed E-state index contributed by atoms with van der Waals surface area (Å²) >= 11 is 0. The number of nitrogens with one attached hydrogen (secondary N) is 1. The number of pyridine rings is 1. The average molecular weight is 292 g/mol. The van der Waals surface area contributed by atoms with Gasteiger partial charge in [-0.1, -0.05) is 18.2 Å². The number of anilines is 1. The predicted molar refractivity (Wildman–Crippen MR) is 87.1 cm³/mol. The number of hydrogen-bond acceptors (Lipinski definition) is 3. The van der Waals surface area contributed by atoms with Crippen LogP contribution in [0.15, 0.2) is 60.8 Å². The molecule has 0 aliphatic carbocycles. The van der Waals surface area contributed by atoms with Gasteiger partial charge in [0.05, 0.1) is 24.7 Å². The van der Waals surface area contributed by atoms with Gasteiger partial charge in [-0.05, 0) is 42.0 Å². The Morgan fingerprint density at radius 1 is 1.09 bits per heavy atom. The number of benzene rings is 2. The van der Waals surface area contributed by atoms with Gasteiger partial charge in [-0.15, -0.1) is 0 Å². The summed E-state index contributed by atoms with van der Waals surface area (Å²) in [6, 6.07) is 17.0. The molecular formula is C18H16N2O2. The summed E-state index contributed by atoms with van der Waals surface area (Å²) in [5, 5.41) is 3.89. The minimum absolute atomic E-state index is 0.0541. The summed E-state index contributed by atoms with van der Waals surface area (Å²) in [6.07, 6.45) is 2.06. The zero-order chi connectivity index (χ0) is 15.4. The Morgan fingerprint density at radius 2 is 1.91 bits per heavy atom. The maximum Gasteiger partial charge on any atom is 0.228 e. The molecule has 110 valence electrons. The lowest BCUT2D eigenvalue weighted by Gasteiger charge is -2.08. The first kappa shape index (κ1) is 14.1. The van der Waals surface area contributed by atoms with Gasteiger partial charge in [0.15, 0.2) is 0 Å². The lowest BCUT2D eigenvalue weighted by molar-refractivity contribution is -0.115. The molecule has 2 aromatic carbocycles. The van der Waals surface area contributed by atoms with Crippen LogP contribution in [0.5, 0.6) is 5.75 Å². The molecule has 0 fully saturated rings. The van der Waals surface area contributed by atoms with E-state index in [2.05, 4.69) is 10.3 Å². The number of fused-ring (bicyclic) bond motifs is 1. The van der Waals surface area contributed by atoms with Crippen LogP contribution < -0.4 is 10.1 Å². The van der Waals surface area contributed by atoms with E-state index in [1.165, 1.54) is 0 Å². The Labute approximate surface area is 128 Å². The van der Waals surface area contributed by atoms with E-state index in [4.69, 9.17) is 4.74 Å². The molecule has 1 amide bonds. The number of carbonyl (C=O) groups is 1. The van der Waals surface area contributed by atoms with E-state index < -0.39 is 0 Å². The average Bonchev–Trinajstić information content (AvgIpc) is 2.56. The molecule has 1 heterocycles. The normalized spacial score (nSPS) is 10.4. The van der Waals surface area contributed by atoms with Crippen LogP contribution in [0.3, 0.4) is 0 Å². The predicted octanol–water partition coefficient (Wildman–Crippen LogP) is 3.42. The first-order valence-corrected chi connectivity index (χ1v) is 7.03. The molecule has 0 atom stereocenters. The molecule has 0 saturated heterocycles. The van der Waals surface area contributed by atoms with Crippen molar-refractivity contribution >= 4 is 22.5 Å². The largest absolute Gasteiger partial charge is 0.497 e. The van der Waals surface area contributed by atoms with Crippen molar-refractivity contribution < 1.29 is 9.53 Å². The van der Waals surface area contributed by atoms with Gasteiger partial charge in [0, 0.05) is 11.6 Å². The van der Waals surface area contributed by atoms with Crippen LogP contribution in [0, 0.1) is 0 Å². The maximum atomic E-state index is 12.2.